The first-order chi connectivity index (χ1) is 10.3. The molecule has 0 radical (unpaired) electrons. The molecule has 21 heavy (non-hydrogen) atoms. The lowest BCUT2D eigenvalue weighted by atomic mass is 10.1. The van der Waals surface area contributed by atoms with Gasteiger partial charge in [0.05, 0.1) is 11.4 Å². The molecule has 0 bridgehead atoms. The Bertz CT molecular complexity index is 800. The Morgan fingerprint density at radius 2 is 1.05 bits per heavy atom. The van der Waals surface area contributed by atoms with E-state index in [9.17, 15) is 4.39 Å². The minimum atomic E-state index is -0.244. The quantitative estimate of drug-likeness (QED) is 0.464. The highest BCUT2D eigenvalue weighted by Gasteiger charge is 2.23. The molecule has 1 aliphatic rings. The van der Waals surface area contributed by atoms with Crippen molar-refractivity contribution >= 4 is 11.4 Å². The van der Waals surface area contributed by atoms with Crippen LogP contribution in [0.3, 0.4) is 0 Å². The monoisotopic (exact) mass is 273 g/mol. The van der Waals surface area contributed by atoms with Crippen molar-refractivity contribution in [1.29, 1.82) is 0 Å². The molecule has 100 valence electrons. The molecule has 0 aliphatic heterocycles. The fraction of sp³-hybridized carbons (Fsp3) is 0. The third kappa shape index (κ3) is 1.96. The zero-order chi connectivity index (χ0) is 14.2. The Labute approximate surface area is 122 Å². The first-order valence-electron chi connectivity index (χ1n) is 6.86. The van der Waals surface area contributed by atoms with Crippen LogP contribution in [0.1, 0.15) is 11.1 Å². The molecular formula is C19H12FN. The SMILES string of the molecule is Fc1ccc(N=C2c3ccccc3-c3ccccc32)cc1. The molecule has 0 aromatic heterocycles. The Hall–Kier alpha value is -2.74. The maximum atomic E-state index is 13.0. The van der Waals surface area contributed by atoms with Gasteiger partial charge in [-0.15, -0.1) is 0 Å². The van der Waals surface area contributed by atoms with Crippen LogP contribution in [0.2, 0.25) is 0 Å². The molecule has 0 unspecified atom stereocenters. The summed E-state index contributed by atoms with van der Waals surface area (Å²) in [6, 6.07) is 22.8. The molecule has 0 atom stereocenters. The summed E-state index contributed by atoms with van der Waals surface area (Å²) in [5.74, 6) is -0.244. The summed E-state index contributed by atoms with van der Waals surface area (Å²) in [4.78, 5) is 4.73. The van der Waals surface area contributed by atoms with Gasteiger partial charge in [-0.2, -0.15) is 0 Å². The second-order valence-electron chi connectivity index (χ2n) is 5.03. The van der Waals surface area contributed by atoms with Crippen LogP contribution in [-0.2, 0) is 0 Å². The van der Waals surface area contributed by atoms with Gasteiger partial charge in [0.25, 0.3) is 0 Å². The van der Waals surface area contributed by atoms with E-state index in [-0.39, 0.29) is 5.82 Å². The molecule has 0 saturated carbocycles. The van der Waals surface area contributed by atoms with Gasteiger partial charge < -0.3 is 0 Å². The molecule has 1 nitrogen and oxygen atoms in total. The molecule has 3 aromatic rings. The molecular weight excluding hydrogens is 261 g/mol. The van der Waals surface area contributed by atoms with Gasteiger partial charge in [0.15, 0.2) is 0 Å². The van der Waals surface area contributed by atoms with Crippen molar-refractivity contribution in [3.05, 3.63) is 89.7 Å². The number of nitrogens with zero attached hydrogens (tertiary/aromatic N) is 1. The predicted octanol–water partition coefficient (Wildman–Crippen LogP) is 4.98. The average molecular weight is 273 g/mol. The minimum absolute atomic E-state index is 0.244. The van der Waals surface area contributed by atoms with Crippen LogP contribution >= 0.6 is 0 Å². The van der Waals surface area contributed by atoms with Gasteiger partial charge in [-0.05, 0) is 35.4 Å². The number of rotatable bonds is 1. The van der Waals surface area contributed by atoms with E-state index in [1.165, 1.54) is 23.3 Å². The third-order valence-electron chi connectivity index (χ3n) is 3.72. The molecule has 0 N–H and O–H groups in total. The number of benzene rings is 3. The lowest BCUT2D eigenvalue weighted by Gasteiger charge is -2.02. The summed E-state index contributed by atoms with van der Waals surface area (Å²) in [7, 11) is 0. The zero-order valence-corrected chi connectivity index (χ0v) is 11.3. The van der Waals surface area contributed by atoms with Crippen LogP contribution < -0.4 is 0 Å². The largest absolute Gasteiger partial charge is 0.248 e. The van der Waals surface area contributed by atoms with E-state index in [0.29, 0.717) is 0 Å². The second kappa shape index (κ2) is 4.67. The molecule has 0 heterocycles. The van der Waals surface area contributed by atoms with Crippen LogP contribution in [0.25, 0.3) is 11.1 Å². The minimum Gasteiger partial charge on any atom is -0.248 e. The molecule has 0 fully saturated rings. The molecule has 0 saturated heterocycles. The first kappa shape index (κ1) is 12.0. The molecule has 0 spiro atoms. The summed E-state index contributed by atoms with van der Waals surface area (Å²) in [6.07, 6.45) is 0. The van der Waals surface area contributed by atoms with Crippen molar-refractivity contribution in [2.24, 2.45) is 4.99 Å². The number of halogens is 1. The van der Waals surface area contributed by atoms with E-state index < -0.39 is 0 Å². The van der Waals surface area contributed by atoms with Crippen LogP contribution in [0, 0.1) is 5.82 Å². The fourth-order valence-corrected chi connectivity index (χ4v) is 2.76. The summed E-state index contributed by atoms with van der Waals surface area (Å²) in [5, 5.41) is 0. The van der Waals surface area contributed by atoms with Crippen LogP contribution in [-0.4, -0.2) is 5.71 Å². The smallest absolute Gasteiger partial charge is 0.123 e. The van der Waals surface area contributed by atoms with Crippen molar-refractivity contribution in [3.63, 3.8) is 0 Å². The van der Waals surface area contributed by atoms with Gasteiger partial charge in [-0.1, -0.05) is 48.5 Å². The van der Waals surface area contributed by atoms with Crippen molar-refractivity contribution in [3.8, 4) is 11.1 Å². The molecule has 3 aromatic carbocycles. The summed E-state index contributed by atoms with van der Waals surface area (Å²) in [6.45, 7) is 0. The van der Waals surface area contributed by atoms with Crippen molar-refractivity contribution in [1.82, 2.24) is 0 Å². The average Bonchev–Trinajstić information content (AvgIpc) is 2.85. The third-order valence-corrected chi connectivity index (χ3v) is 3.72. The van der Waals surface area contributed by atoms with Gasteiger partial charge in [-0.25, -0.2) is 9.38 Å². The van der Waals surface area contributed by atoms with Crippen LogP contribution in [0.5, 0.6) is 0 Å². The van der Waals surface area contributed by atoms with Crippen LogP contribution in [0.15, 0.2) is 77.8 Å². The van der Waals surface area contributed by atoms with E-state index in [1.807, 2.05) is 24.3 Å². The van der Waals surface area contributed by atoms with Crippen molar-refractivity contribution < 1.29 is 4.39 Å². The van der Waals surface area contributed by atoms with Gasteiger partial charge >= 0.3 is 0 Å². The summed E-state index contributed by atoms with van der Waals surface area (Å²) >= 11 is 0. The highest BCUT2D eigenvalue weighted by atomic mass is 19.1. The predicted molar refractivity (Wildman–Crippen MR) is 83.6 cm³/mol. The number of aliphatic imine (C=N–C) groups is 1. The van der Waals surface area contributed by atoms with Gasteiger partial charge in [0.2, 0.25) is 0 Å². The first-order valence-corrected chi connectivity index (χ1v) is 6.86. The van der Waals surface area contributed by atoms with E-state index in [4.69, 9.17) is 4.99 Å². The molecule has 0 amide bonds. The lowest BCUT2D eigenvalue weighted by molar-refractivity contribution is 0.628. The highest BCUT2D eigenvalue weighted by molar-refractivity contribution is 6.25. The van der Waals surface area contributed by atoms with Crippen molar-refractivity contribution in [2.45, 2.75) is 0 Å². The van der Waals surface area contributed by atoms with Crippen molar-refractivity contribution in [2.75, 3.05) is 0 Å². The zero-order valence-electron chi connectivity index (χ0n) is 11.3. The molecule has 4 rings (SSSR count). The normalized spacial score (nSPS) is 12.0. The summed E-state index contributed by atoms with van der Waals surface area (Å²) in [5.41, 5.74) is 6.37. The molecule has 1 aliphatic carbocycles. The Morgan fingerprint density at radius 3 is 1.57 bits per heavy atom. The number of fused-ring (bicyclic) bond motifs is 3. The Morgan fingerprint density at radius 1 is 0.571 bits per heavy atom. The molecule has 2 heteroatoms. The Kier molecular flexibility index (Phi) is 2.68. The fourth-order valence-electron chi connectivity index (χ4n) is 2.76. The second-order valence-corrected chi connectivity index (χ2v) is 5.03. The topological polar surface area (TPSA) is 12.4 Å². The van der Waals surface area contributed by atoms with Gasteiger partial charge in [0, 0.05) is 11.1 Å². The van der Waals surface area contributed by atoms with E-state index in [1.54, 1.807) is 12.1 Å². The van der Waals surface area contributed by atoms with E-state index >= 15 is 0 Å². The number of hydrogen-bond donors (Lipinski definition) is 0. The van der Waals surface area contributed by atoms with Gasteiger partial charge in [0.1, 0.15) is 5.82 Å². The van der Waals surface area contributed by atoms with Gasteiger partial charge in [-0.3, -0.25) is 0 Å². The van der Waals surface area contributed by atoms with E-state index in [2.05, 4.69) is 24.3 Å². The number of hydrogen-bond acceptors (Lipinski definition) is 1. The Balaban J connectivity index is 1.94. The highest BCUT2D eigenvalue weighted by Crippen LogP contribution is 2.37. The maximum absolute atomic E-state index is 13.0. The van der Waals surface area contributed by atoms with Crippen LogP contribution in [0.4, 0.5) is 10.1 Å². The summed E-state index contributed by atoms with van der Waals surface area (Å²) < 4.78 is 13.0. The standard InChI is InChI=1S/C19H12FN/c20-13-9-11-14(12-10-13)21-19-17-7-3-1-5-15(17)16-6-2-4-8-18(16)19/h1-12H. The van der Waals surface area contributed by atoms with E-state index in [0.717, 1.165) is 22.5 Å². The lowest BCUT2D eigenvalue weighted by Crippen LogP contribution is -1.97. The maximum Gasteiger partial charge on any atom is 0.123 e.